The molecule has 0 aromatic carbocycles. The average molecular weight is 265 g/mol. The van der Waals surface area contributed by atoms with E-state index in [1.807, 2.05) is 27.7 Å². The zero-order chi connectivity index (χ0) is 15.0. The Morgan fingerprint density at radius 2 is 1.84 bits per heavy atom. The summed E-state index contributed by atoms with van der Waals surface area (Å²) in [5, 5.41) is 14.8. The van der Waals surface area contributed by atoms with Gasteiger partial charge in [-0.05, 0) is 5.92 Å². The molecule has 1 heterocycles. The van der Waals surface area contributed by atoms with Crippen LogP contribution >= 0.6 is 0 Å². The molecule has 0 aliphatic rings. The highest BCUT2D eigenvalue weighted by Crippen LogP contribution is 2.26. The van der Waals surface area contributed by atoms with Gasteiger partial charge >= 0.3 is 0 Å². The van der Waals surface area contributed by atoms with Crippen molar-refractivity contribution in [3.8, 4) is 5.75 Å². The monoisotopic (exact) mass is 265 g/mol. The number of methoxy groups -OCH3 is 1. The van der Waals surface area contributed by atoms with Crippen LogP contribution < -0.4 is 4.74 Å². The van der Waals surface area contributed by atoms with Crippen molar-refractivity contribution in [2.75, 3.05) is 7.11 Å². The maximum absolute atomic E-state index is 7.63. The fourth-order valence-electron chi connectivity index (χ4n) is 1.39. The minimum absolute atomic E-state index is 0.0382. The van der Waals surface area contributed by atoms with Crippen LogP contribution in [0.1, 0.15) is 51.8 Å². The lowest BCUT2D eigenvalue weighted by Crippen LogP contribution is -2.11. The molecular formula is C14H23N3O2. The van der Waals surface area contributed by atoms with Crippen molar-refractivity contribution in [3.05, 3.63) is 23.5 Å². The summed E-state index contributed by atoms with van der Waals surface area (Å²) >= 11 is 0. The summed E-state index contributed by atoms with van der Waals surface area (Å²) in [5.74, 6) is 0.793. The Kier molecular flexibility index (Phi) is 7.41. The van der Waals surface area contributed by atoms with Crippen LogP contribution in [0.4, 0.5) is 0 Å². The van der Waals surface area contributed by atoms with Crippen molar-refractivity contribution >= 4 is 11.8 Å². The third-order valence-electron chi connectivity index (χ3n) is 2.22. The third-order valence-corrected chi connectivity index (χ3v) is 2.22. The summed E-state index contributed by atoms with van der Waals surface area (Å²) in [6, 6.07) is 1.65. The number of nitrogens with one attached hydrogen (secondary N) is 2. The molecule has 0 amide bonds. The van der Waals surface area contributed by atoms with Crippen molar-refractivity contribution in [2.45, 2.75) is 40.5 Å². The summed E-state index contributed by atoms with van der Waals surface area (Å²) in [6.07, 6.45) is 1.68. The molecule has 19 heavy (non-hydrogen) atoms. The number of rotatable bonds is 3. The molecule has 0 aliphatic heterocycles. The van der Waals surface area contributed by atoms with E-state index in [1.165, 1.54) is 6.92 Å². The number of nitrogens with zero attached hydrogens (tertiary/aromatic N) is 1. The zero-order valence-corrected chi connectivity index (χ0v) is 12.5. The van der Waals surface area contributed by atoms with Crippen LogP contribution in [0.15, 0.2) is 12.3 Å². The largest absolute Gasteiger partial charge is 0.496 e. The van der Waals surface area contributed by atoms with Crippen molar-refractivity contribution in [1.29, 1.82) is 10.8 Å². The lowest BCUT2D eigenvalue weighted by atomic mass is 10.0. The summed E-state index contributed by atoms with van der Waals surface area (Å²) in [4.78, 5) is 4.14. The first-order valence-corrected chi connectivity index (χ1v) is 6.31. The number of pyridine rings is 1. The lowest BCUT2D eigenvalue weighted by Gasteiger charge is -2.12. The van der Waals surface area contributed by atoms with E-state index in [4.69, 9.17) is 20.3 Å². The smallest absolute Gasteiger partial charge is 0.239 e. The third kappa shape index (κ3) is 5.07. The normalized spacial score (nSPS) is 9.42. The average Bonchev–Trinajstić information content (AvgIpc) is 2.39. The molecule has 0 spiro atoms. The predicted octanol–water partition coefficient (Wildman–Crippen LogP) is 3.58. The first-order chi connectivity index (χ1) is 8.95. The predicted molar refractivity (Wildman–Crippen MR) is 77.5 cm³/mol. The number of hydrogen-bond acceptors (Lipinski definition) is 5. The van der Waals surface area contributed by atoms with Gasteiger partial charge in [0.15, 0.2) is 5.90 Å². The SMILES string of the molecule is CC.COc1cc(C(=N)OC(C)=N)ncc1C(C)C. The molecule has 1 rings (SSSR count). The molecule has 106 valence electrons. The highest BCUT2D eigenvalue weighted by atomic mass is 16.5. The fraction of sp³-hybridized carbons (Fsp3) is 0.500. The lowest BCUT2D eigenvalue weighted by molar-refractivity contribution is 0.406. The van der Waals surface area contributed by atoms with Crippen LogP contribution in [0.5, 0.6) is 5.75 Å². The molecule has 2 N–H and O–H groups in total. The number of ether oxygens (including phenoxy) is 2. The second kappa shape index (κ2) is 8.24. The van der Waals surface area contributed by atoms with Gasteiger partial charge in [0.05, 0.1) is 7.11 Å². The second-order valence-corrected chi connectivity index (χ2v) is 3.95. The van der Waals surface area contributed by atoms with E-state index < -0.39 is 0 Å². The summed E-state index contributed by atoms with van der Waals surface area (Å²) in [5.41, 5.74) is 1.34. The van der Waals surface area contributed by atoms with Gasteiger partial charge in [0.1, 0.15) is 11.4 Å². The molecule has 0 saturated heterocycles. The Hall–Kier alpha value is -1.91. The van der Waals surface area contributed by atoms with Gasteiger partial charge in [-0.15, -0.1) is 0 Å². The molecule has 0 saturated carbocycles. The van der Waals surface area contributed by atoms with Gasteiger partial charge in [-0.1, -0.05) is 27.7 Å². The molecule has 5 nitrogen and oxygen atoms in total. The topological polar surface area (TPSA) is 79.0 Å². The Bertz CT molecular complexity index is 442. The summed E-state index contributed by atoms with van der Waals surface area (Å²) in [6.45, 7) is 9.56. The number of aromatic nitrogens is 1. The maximum atomic E-state index is 7.63. The molecule has 1 aromatic rings. The Morgan fingerprint density at radius 3 is 2.26 bits per heavy atom. The van der Waals surface area contributed by atoms with Gasteiger partial charge in [-0.3, -0.25) is 15.8 Å². The van der Waals surface area contributed by atoms with Crippen molar-refractivity contribution in [3.63, 3.8) is 0 Å². The van der Waals surface area contributed by atoms with E-state index in [0.717, 1.165) is 5.56 Å². The molecular weight excluding hydrogens is 242 g/mol. The molecule has 0 atom stereocenters. The summed E-state index contributed by atoms with van der Waals surface area (Å²) in [7, 11) is 1.58. The van der Waals surface area contributed by atoms with E-state index in [2.05, 4.69) is 4.98 Å². The van der Waals surface area contributed by atoms with Crippen LogP contribution in [0.25, 0.3) is 0 Å². The van der Waals surface area contributed by atoms with Gasteiger partial charge < -0.3 is 9.47 Å². The molecule has 1 aromatic heterocycles. The molecule has 0 aliphatic carbocycles. The molecule has 0 fully saturated rings. The molecule has 0 unspecified atom stereocenters. The first-order valence-electron chi connectivity index (χ1n) is 6.31. The van der Waals surface area contributed by atoms with E-state index >= 15 is 0 Å². The van der Waals surface area contributed by atoms with Gasteiger partial charge in [-0.25, -0.2) is 0 Å². The number of hydrogen-bond donors (Lipinski definition) is 2. The minimum atomic E-state index is -0.147. The highest BCUT2D eigenvalue weighted by molar-refractivity contribution is 5.97. The molecule has 5 heteroatoms. The first kappa shape index (κ1) is 17.1. The van der Waals surface area contributed by atoms with Gasteiger partial charge in [0.25, 0.3) is 0 Å². The van der Waals surface area contributed by atoms with Gasteiger partial charge in [-0.2, -0.15) is 0 Å². The van der Waals surface area contributed by atoms with Crippen LogP contribution in [0.2, 0.25) is 0 Å². The van der Waals surface area contributed by atoms with E-state index in [0.29, 0.717) is 17.4 Å². The summed E-state index contributed by atoms with van der Waals surface area (Å²) < 4.78 is 10.1. The van der Waals surface area contributed by atoms with Crippen LogP contribution in [0.3, 0.4) is 0 Å². The van der Waals surface area contributed by atoms with E-state index in [-0.39, 0.29) is 11.8 Å². The van der Waals surface area contributed by atoms with E-state index in [1.54, 1.807) is 19.4 Å². The quantitative estimate of drug-likeness (QED) is 0.647. The highest BCUT2D eigenvalue weighted by Gasteiger charge is 2.12. The second-order valence-electron chi connectivity index (χ2n) is 3.95. The zero-order valence-electron chi connectivity index (χ0n) is 12.5. The van der Waals surface area contributed by atoms with Crippen LogP contribution in [-0.4, -0.2) is 23.9 Å². The van der Waals surface area contributed by atoms with Crippen molar-refractivity contribution < 1.29 is 9.47 Å². The van der Waals surface area contributed by atoms with Crippen molar-refractivity contribution in [1.82, 2.24) is 4.98 Å². The Balaban J connectivity index is 0.00000154. The van der Waals surface area contributed by atoms with Crippen LogP contribution in [0, 0.1) is 10.8 Å². The van der Waals surface area contributed by atoms with E-state index in [9.17, 15) is 0 Å². The fourth-order valence-corrected chi connectivity index (χ4v) is 1.39. The molecule has 0 bridgehead atoms. The Labute approximate surface area is 115 Å². The standard InChI is InChI=1S/C12H17N3O2.C2H6/c1-7(2)9-6-15-10(5-11(9)16-4)12(14)17-8(3)13;1-2/h5-7,13-14H,1-4H3;1-2H3. The molecule has 0 radical (unpaired) electrons. The van der Waals surface area contributed by atoms with Gasteiger partial charge in [0, 0.05) is 24.8 Å². The van der Waals surface area contributed by atoms with Gasteiger partial charge in [0.2, 0.25) is 5.90 Å². The van der Waals surface area contributed by atoms with Crippen LogP contribution in [-0.2, 0) is 4.74 Å². The Morgan fingerprint density at radius 1 is 1.26 bits per heavy atom. The minimum Gasteiger partial charge on any atom is -0.496 e. The van der Waals surface area contributed by atoms with Crippen molar-refractivity contribution in [2.24, 2.45) is 0 Å². The maximum Gasteiger partial charge on any atom is 0.239 e.